The van der Waals surface area contributed by atoms with Crippen LogP contribution >= 0.6 is 11.6 Å². The Morgan fingerprint density at radius 3 is 2.53 bits per heavy atom. The summed E-state index contributed by atoms with van der Waals surface area (Å²) in [6.45, 7) is 5.78. The second kappa shape index (κ2) is 5.35. The molecule has 0 saturated heterocycles. The van der Waals surface area contributed by atoms with Gasteiger partial charge in [-0.25, -0.2) is 4.39 Å². The fraction of sp³-hybridized carbons (Fsp3) is 0.333. The molecule has 4 heteroatoms. The molecule has 0 aliphatic heterocycles. The predicted octanol–water partition coefficient (Wildman–Crippen LogP) is 4.24. The lowest BCUT2D eigenvalue weighted by Crippen LogP contribution is -2.15. The van der Waals surface area contributed by atoms with Gasteiger partial charge in [0.25, 0.3) is 0 Å². The highest BCUT2D eigenvalue weighted by molar-refractivity contribution is 6.31. The van der Waals surface area contributed by atoms with Crippen molar-refractivity contribution in [2.24, 2.45) is 5.73 Å². The van der Waals surface area contributed by atoms with E-state index in [1.807, 2.05) is 20.8 Å². The molecular formula is C15H17ClFNO. The molecule has 2 aromatic rings. The van der Waals surface area contributed by atoms with Gasteiger partial charge in [0.05, 0.1) is 0 Å². The second-order valence-corrected chi connectivity index (χ2v) is 5.21. The molecule has 2 nitrogen and oxygen atoms in total. The third-order valence-electron chi connectivity index (χ3n) is 3.44. The first-order valence-electron chi connectivity index (χ1n) is 6.16. The van der Waals surface area contributed by atoms with E-state index >= 15 is 0 Å². The van der Waals surface area contributed by atoms with Crippen LogP contribution in [0.3, 0.4) is 0 Å². The Labute approximate surface area is 117 Å². The summed E-state index contributed by atoms with van der Waals surface area (Å²) < 4.78 is 18.8. The van der Waals surface area contributed by atoms with Crippen molar-refractivity contribution in [2.75, 3.05) is 0 Å². The van der Waals surface area contributed by atoms with Crippen molar-refractivity contribution in [1.82, 2.24) is 0 Å². The Bertz CT molecular complexity index is 606. The van der Waals surface area contributed by atoms with E-state index in [4.69, 9.17) is 21.8 Å². The van der Waals surface area contributed by atoms with Gasteiger partial charge in [-0.2, -0.15) is 0 Å². The van der Waals surface area contributed by atoms with Crippen LogP contribution in [0.1, 0.15) is 34.3 Å². The largest absolute Gasteiger partial charge is 0.466 e. The molecule has 1 heterocycles. The Morgan fingerprint density at radius 1 is 1.26 bits per heavy atom. The smallest absolute Gasteiger partial charge is 0.123 e. The minimum atomic E-state index is -0.302. The molecule has 0 spiro atoms. The van der Waals surface area contributed by atoms with Crippen molar-refractivity contribution < 1.29 is 8.81 Å². The van der Waals surface area contributed by atoms with Crippen molar-refractivity contribution in [1.29, 1.82) is 0 Å². The SMILES string of the molecule is Cc1oc(C)c(C(N)Cc2cc(F)ccc2Cl)c1C. The van der Waals surface area contributed by atoms with E-state index in [0.29, 0.717) is 17.0 Å². The lowest BCUT2D eigenvalue weighted by molar-refractivity contribution is 0.496. The first kappa shape index (κ1) is 14.1. The zero-order chi connectivity index (χ0) is 14.2. The average Bonchev–Trinajstić information content (AvgIpc) is 2.58. The molecule has 0 aliphatic carbocycles. The van der Waals surface area contributed by atoms with E-state index in [1.165, 1.54) is 12.1 Å². The Morgan fingerprint density at radius 2 is 1.95 bits per heavy atom. The number of rotatable bonds is 3. The molecule has 0 fully saturated rings. The van der Waals surface area contributed by atoms with E-state index in [2.05, 4.69) is 0 Å². The highest BCUT2D eigenvalue weighted by Crippen LogP contribution is 2.29. The fourth-order valence-corrected chi connectivity index (χ4v) is 2.59. The molecule has 0 saturated carbocycles. The minimum Gasteiger partial charge on any atom is -0.466 e. The van der Waals surface area contributed by atoms with Gasteiger partial charge in [-0.15, -0.1) is 0 Å². The molecule has 1 atom stereocenters. The van der Waals surface area contributed by atoms with Crippen molar-refractivity contribution >= 4 is 11.6 Å². The van der Waals surface area contributed by atoms with Crippen LogP contribution in [-0.4, -0.2) is 0 Å². The van der Waals surface area contributed by atoms with Gasteiger partial charge < -0.3 is 10.2 Å². The summed E-state index contributed by atoms with van der Waals surface area (Å²) in [5, 5.41) is 0.535. The van der Waals surface area contributed by atoms with E-state index in [1.54, 1.807) is 6.07 Å². The van der Waals surface area contributed by atoms with Crippen molar-refractivity contribution in [3.05, 3.63) is 57.2 Å². The van der Waals surface area contributed by atoms with Gasteiger partial charge in [0.15, 0.2) is 0 Å². The maximum atomic E-state index is 13.2. The van der Waals surface area contributed by atoms with E-state index < -0.39 is 0 Å². The number of hydrogen-bond acceptors (Lipinski definition) is 2. The molecule has 2 rings (SSSR count). The fourth-order valence-electron chi connectivity index (χ4n) is 2.39. The number of benzene rings is 1. The quantitative estimate of drug-likeness (QED) is 0.914. The van der Waals surface area contributed by atoms with E-state index in [-0.39, 0.29) is 11.9 Å². The van der Waals surface area contributed by atoms with Gasteiger partial charge >= 0.3 is 0 Å². The summed E-state index contributed by atoms with van der Waals surface area (Å²) in [6, 6.07) is 4.08. The van der Waals surface area contributed by atoms with Gasteiger partial charge in [-0.1, -0.05) is 11.6 Å². The van der Waals surface area contributed by atoms with Crippen LogP contribution < -0.4 is 5.73 Å². The normalized spacial score (nSPS) is 12.7. The highest BCUT2D eigenvalue weighted by atomic mass is 35.5. The maximum Gasteiger partial charge on any atom is 0.123 e. The zero-order valence-electron chi connectivity index (χ0n) is 11.3. The average molecular weight is 282 g/mol. The molecule has 2 N–H and O–H groups in total. The van der Waals surface area contributed by atoms with Crippen LogP contribution in [0.25, 0.3) is 0 Å². The van der Waals surface area contributed by atoms with Gasteiger partial charge in [0, 0.05) is 16.6 Å². The molecule has 0 radical (unpaired) electrons. The lowest BCUT2D eigenvalue weighted by atomic mass is 9.96. The summed E-state index contributed by atoms with van der Waals surface area (Å²) in [6.07, 6.45) is 0.483. The third-order valence-corrected chi connectivity index (χ3v) is 3.80. The van der Waals surface area contributed by atoms with Crippen LogP contribution in [-0.2, 0) is 6.42 Å². The molecule has 102 valence electrons. The van der Waals surface area contributed by atoms with Crippen molar-refractivity contribution in [2.45, 2.75) is 33.2 Å². The van der Waals surface area contributed by atoms with Gasteiger partial charge in [-0.05, 0) is 56.5 Å². The summed E-state index contributed by atoms with van der Waals surface area (Å²) in [7, 11) is 0. The molecule has 1 aromatic carbocycles. The molecule has 1 unspecified atom stereocenters. The van der Waals surface area contributed by atoms with Gasteiger partial charge in [-0.3, -0.25) is 0 Å². The van der Waals surface area contributed by atoms with Crippen LogP contribution in [0.4, 0.5) is 4.39 Å². The van der Waals surface area contributed by atoms with Crippen molar-refractivity contribution in [3.8, 4) is 0 Å². The summed E-state index contributed by atoms with van der Waals surface area (Å²) in [5.41, 5.74) is 8.97. The third kappa shape index (κ3) is 2.82. The summed E-state index contributed by atoms with van der Waals surface area (Å²) in [5.74, 6) is 1.38. The molecule has 19 heavy (non-hydrogen) atoms. The number of halogens is 2. The molecule has 0 aliphatic rings. The Balaban J connectivity index is 2.30. The lowest BCUT2D eigenvalue weighted by Gasteiger charge is -2.13. The molecule has 0 bridgehead atoms. The van der Waals surface area contributed by atoms with Crippen LogP contribution in [0.2, 0.25) is 5.02 Å². The molecule has 0 amide bonds. The summed E-state index contributed by atoms with van der Waals surface area (Å²) in [4.78, 5) is 0. The van der Waals surface area contributed by atoms with Crippen LogP contribution in [0, 0.1) is 26.6 Å². The molecule has 1 aromatic heterocycles. The monoisotopic (exact) mass is 281 g/mol. The summed E-state index contributed by atoms with van der Waals surface area (Å²) >= 11 is 6.07. The Hall–Kier alpha value is -1.32. The van der Waals surface area contributed by atoms with E-state index in [0.717, 1.165) is 22.6 Å². The number of furan rings is 1. The van der Waals surface area contributed by atoms with Crippen LogP contribution in [0.5, 0.6) is 0 Å². The van der Waals surface area contributed by atoms with E-state index in [9.17, 15) is 4.39 Å². The van der Waals surface area contributed by atoms with Crippen LogP contribution in [0.15, 0.2) is 22.6 Å². The zero-order valence-corrected chi connectivity index (χ0v) is 12.0. The second-order valence-electron chi connectivity index (χ2n) is 4.80. The standard InChI is InChI=1S/C15H17ClFNO/c1-8-9(2)19-10(3)15(8)14(18)7-11-6-12(17)4-5-13(11)16/h4-6,14H,7,18H2,1-3H3. The number of hydrogen-bond donors (Lipinski definition) is 1. The minimum absolute atomic E-state index is 0.253. The highest BCUT2D eigenvalue weighted by Gasteiger charge is 2.19. The topological polar surface area (TPSA) is 39.2 Å². The van der Waals surface area contributed by atoms with Gasteiger partial charge in [0.2, 0.25) is 0 Å². The van der Waals surface area contributed by atoms with Crippen molar-refractivity contribution in [3.63, 3.8) is 0 Å². The maximum absolute atomic E-state index is 13.2. The first-order valence-corrected chi connectivity index (χ1v) is 6.54. The molecular weight excluding hydrogens is 265 g/mol. The Kier molecular flexibility index (Phi) is 3.97. The first-order chi connectivity index (χ1) is 8.90. The number of nitrogens with two attached hydrogens (primary N) is 1. The number of aryl methyl sites for hydroxylation is 2. The van der Waals surface area contributed by atoms with Gasteiger partial charge in [0.1, 0.15) is 17.3 Å². The predicted molar refractivity (Wildman–Crippen MR) is 75.0 cm³/mol.